The third kappa shape index (κ3) is 4.03. The second kappa shape index (κ2) is 7.20. The van der Waals surface area contributed by atoms with Gasteiger partial charge in [-0.1, -0.05) is 17.7 Å². The molecule has 0 radical (unpaired) electrons. The number of hydrogen-bond donors (Lipinski definition) is 2. The summed E-state index contributed by atoms with van der Waals surface area (Å²) >= 11 is 0. The van der Waals surface area contributed by atoms with Gasteiger partial charge in [0.05, 0.1) is 13.2 Å². The van der Waals surface area contributed by atoms with E-state index in [1.54, 1.807) is 13.3 Å². The molecule has 0 spiro atoms. The van der Waals surface area contributed by atoms with Crippen LogP contribution in [-0.4, -0.2) is 23.7 Å². The minimum atomic E-state index is -0.612. The summed E-state index contributed by atoms with van der Waals surface area (Å²) in [5.74, 6) is 0.712. The molecule has 0 aliphatic rings. The molecule has 1 unspecified atom stereocenters. The molecule has 1 heterocycles. The Balaban J connectivity index is 2.02. The Hall–Kier alpha value is -1.91. The Bertz CT molecular complexity index is 572. The van der Waals surface area contributed by atoms with Crippen molar-refractivity contribution in [3.05, 3.63) is 59.4 Å². The predicted molar refractivity (Wildman–Crippen MR) is 83.3 cm³/mol. The third-order valence-electron chi connectivity index (χ3n) is 3.55. The van der Waals surface area contributed by atoms with Crippen LogP contribution in [0.25, 0.3) is 0 Å². The fraction of sp³-hybridized carbons (Fsp3) is 0.353. The van der Waals surface area contributed by atoms with Crippen molar-refractivity contribution in [2.45, 2.75) is 26.0 Å². The van der Waals surface area contributed by atoms with E-state index in [-0.39, 0.29) is 6.04 Å². The number of ether oxygens (including phenoxy) is 1. The van der Waals surface area contributed by atoms with E-state index in [1.165, 1.54) is 0 Å². The summed E-state index contributed by atoms with van der Waals surface area (Å²) in [5.41, 5.74) is 3.01. The maximum atomic E-state index is 10.4. The molecule has 2 N–H and O–H groups in total. The van der Waals surface area contributed by atoms with E-state index in [1.807, 2.05) is 43.5 Å². The van der Waals surface area contributed by atoms with Crippen LogP contribution in [0.3, 0.4) is 0 Å². The standard InChI is InChI=1S/C17H22N2O2/c1-12-6-7-17(21-3)15(9-12)16(20)11-19-13(2)14-5-4-8-18-10-14/h4-10,13,16,19-20H,11H2,1-3H3/t13-,16?/m1/s1. The van der Waals surface area contributed by atoms with Gasteiger partial charge >= 0.3 is 0 Å². The van der Waals surface area contributed by atoms with Gasteiger partial charge in [-0.2, -0.15) is 0 Å². The Kier molecular flexibility index (Phi) is 5.31. The fourth-order valence-electron chi connectivity index (χ4n) is 2.26. The second-order valence-electron chi connectivity index (χ2n) is 5.18. The highest BCUT2D eigenvalue weighted by Crippen LogP contribution is 2.26. The number of nitrogens with one attached hydrogen (secondary N) is 1. The van der Waals surface area contributed by atoms with Crippen LogP contribution >= 0.6 is 0 Å². The van der Waals surface area contributed by atoms with Gasteiger partial charge in [0.15, 0.2) is 0 Å². The molecular weight excluding hydrogens is 264 g/mol. The van der Waals surface area contributed by atoms with Gasteiger partial charge in [-0.3, -0.25) is 4.98 Å². The van der Waals surface area contributed by atoms with Crippen molar-refractivity contribution < 1.29 is 9.84 Å². The van der Waals surface area contributed by atoms with E-state index in [9.17, 15) is 5.11 Å². The van der Waals surface area contributed by atoms with Crippen LogP contribution in [-0.2, 0) is 0 Å². The zero-order valence-electron chi connectivity index (χ0n) is 12.7. The Morgan fingerprint density at radius 2 is 2.14 bits per heavy atom. The van der Waals surface area contributed by atoms with Gasteiger partial charge in [-0.05, 0) is 37.6 Å². The minimum absolute atomic E-state index is 0.129. The summed E-state index contributed by atoms with van der Waals surface area (Å²) in [7, 11) is 1.62. The lowest BCUT2D eigenvalue weighted by atomic mass is 10.0. The largest absolute Gasteiger partial charge is 0.496 e. The summed E-state index contributed by atoms with van der Waals surface area (Å²) in [6.45, 7) is 4.51. The number of nitrogens with zero attached hydrogens (tertiary/aromatic N) is 1. The molecule has 0 amide bonds. The van der Waals surface area contributed by atoms with E-state index in [0.29, 0.717) is 12.3 Å². The topological polar surface area (TPSA) is 54.4 Å². The van der Waals surface area contributed by atoms with Crippen LogP contribution < -0.4 is 10.1 Å². The van der Waals surface area contributed by atoms with Crippen LogP contribution in [0.5, 0.6) is 5.75 Å². The molecule has 0 bridgehead atoms. The third-order valence-corrected chi connectivity index (χ3v) is 3.55. The Labute approximate surface area is 125 Å². The first-order chi connectivity index (χ1) is 10.1. The normalized spacial score (nSPS) is 13.7. The number of pyridine rings is 1. The average Bonchev–Trinajstić information content (AvgIpc) is 2.53. The van der Waals surface area contributed by atoms with Crippen LogP contribution in [0.15, 0.2) is 42.7 Å². The minimum Gasteiger partial charge on any atom is -0.496 e. The summed E-state index contributed by atoms with van der Waals surface area (Å²) < 4.78 is 5.32. The molecule has 1 aromatic heterocycles. The summed E-state index contributed by atoms with van der Waals surface area (Å²) in [5, 5.41) is 13.7. The van der Waals surface area contributed by atoms with Crippen LogP contribution in [0.2, 0.25) is 0 Å². The Morgan fingerprint density at radius 3 is 2.81 bits per heavy atom. The first-order valence-electron chi connectivity index (χ1n) is 7.07. The second-order valence-corrected chi connectivity index (χ2v) is 5.18. The maximum Gasteiger partial charge on any atom is 0.124 e. The molecule has 0 fully saturated rings. The number of benzene rings is 1. The van der Waals surface area contributed by atoms with E-state index in [2.05, 4.69) is 17.2 Å². The summed E-state index contributed by atoms with van der Waals surface area (Å²) in [6, 6.07) is 9.88. The van der Waals surface area contributed by atoms with E-state index in [0.717, 1.165) is 16.7 Å². The number of hydrogen-bond acceptors (Lipinski definition) is 4. The fourth-order valence-corrected chi connectivity index (χ4v) is 2.26. The molecule has 112 valence electrons. The van der Waals surface area contributed by atoms with Crippen LogP contribution in [0.4, 0.5) is 0 Å². The lowest BCUT2D eigenvalue weighted by Gasteiger charge is -2.19. The molecule has 0 aliphatic carbocycles. The molecule has 21 heavy (non-hydrogen) atoms. The van der Waals surface area contributed by atoms with Gasteiger partial charge in [0, 0.05) is 30.5 Å². The number of aliphatic hydroxyl groups is 1. The molecule has 4 nitrogen and oxygen atoms in total. The summed E-state index contributed by atoms with van der Waals surface area (Å²) in [4.78, 5) is 4.11. The van der Waals surface area contributed by atoms with Crippen molar-refractivity contribution in [2.75, 3.05) is 13.7 Å². The number of aryl methyl sites for hydroxylation is 1. The first-order valence-corrected chi connectivity index (χ1v) is 7.07. The highest BCUT2D eigenvalue weighted by molar-refractivity contribution is 5.38. The highest BCUT2D eigenvalue weighted by atomic mass is 16.5. The van der Waals surface area contributed by atoms with Crippen molar-refractivity contribution >= 4 is 0 Å². The maximum absolute atomic E-state index is 10.4. The number of methoxy groups -OCH3 is 1. The zero-order valence-corrected chi connectivity index (χ0v) is 12.7. The van der Waals surface area contributed by atoms with Crippen molar-refractivity contribution in [3.63, 3.8) is 0 Å². The van der Waals surface area contributed by atoms with Gasteiger partial charge < -0.3 is 15.2 Å². The van der Waals surface area contributed by atoms with Gasteiger partial charge in [-0.25, -0.2) is 0 Å². The van der Waals surface area contributed by atoms with Crippen molar-refractivity contribution in [1.82, 2.24) is 10.3 Å². The van der Waals surface area contributed by atoms with Crippen LogP contribution in [0, 0.1) is 6.92 Å². The SMILES string of the molecule is COc1ccc(C)cc1C(O)CN[C@H](C)c1cccnc1. The van der Waals surface area contributed by atoms with Crippen LogP contribution in [0.1, 0.15) is 35.8 Å². The average molecular weight is 286 g/mol. The zero-order chi connectivity index (χ0) is 15.2. The lowest BCUT2D eigenvalue weighted by Crippen LogP contribution is -2.25. The highest BCUT2D eigenvalue weighted by Gasteiger charge is 2.15. The van der Waals surface area contributed by atoms with Gasteiger partial charge in [0.2, 0.25) is 0 Å². The molecular formula is C17H22N2O2. The molecule has 0 saturated carbocycles. The monoisotopic (exact) mass is 286 g/mol. The molecule has 0 aliphatic heterocycles. The smallest absolute Gasteiger partial charge is 0.124 e. The Morgan fingerprint density at radius 1 is 1.33 bits per heavy atom. The lowest BCUT2D eigenvalue weighted by molar-refractivity contribution is 0.166. The van der Waals surface area contributed by atoms with Crippen molar-refractivity contribution in [1.29, 1.82) is 0 Å². The molecule has 0 saturated heterocycles. The number of aromatic nitrogens is 1. The van der Waals surface area contributed by atoms with Crippen molar-refractivity contribution in [3.8, 4) is 5.75 Å². The molecule has 4 heteroatoms. The molecule has 2 atom stereocenters. The number of aliphatic hydroxyl groups excluding tert-OH is 1. The first kappa shape index (κ1) is 15.5. The molecule has 1 aromatic carbocycles. The van der Waals surface area contributed by atoms with Gasteiger partial charge in [0.25, 0.3) is 0 Å². The van der Waals surface area contributed by atoms with E-state index >= 15 is 0 Å². The molecule has 2 rings (SSSR count). The quantitative estimate of drug-likeness (QED) is 0.857. The summed E-state index contributed by atoms with van der Waals surface area (Å²) in [6.07, 6.45) is 2.97. The van der Waals surface area contributed by atoms with Gasteiger partial charge in [0.1, 0.15) is 5.75 Å². The van der Waals surface area contributed by atoms with E-state index in [4.69, 9.17) is 4.74 Å². The van der Waals surface area contributed by atoms with Gasteiger partial charge in [-0.15, -0.1) is 0 Å². The number of rotatable bonds is 6. The van der Waals surface area contributed by atoms with Crippen molar-refractivity contribution in [2.24, 2.45) is 0 Å². The van der Waals surface area contributed by atoms with E-state index < -0.39 is 6.10 Å². The predicted octanol–water partition coefficient (Wildman–Crippen LogP) is 2.78. The molecule has 2 aromatic rings.